The second-order valence-corrected chi connectivity index (χ2v) is 5.10. The minimum Gasteiger partial charge on any atom is -0.303 e. The van der Waals surface area contributed by atoms with Crippen LogP contribution in [-0.2, 0) is 7.05 Å². The Hall–Kier alpha value is -1.86. The zero-order chi connectivity index (χ0) is 12.5. The van der Waals surface area contributed by atoms with Gasteiger partial charge in [-0.3, -0.25) is 10.1 Å². The number of nitrogens with one attached hydrogen (secondary N) is 1. The zero-order valence-corrected chi connectivity index (χ0v) is 11.1. The lowest BCUT2D eigenvalue weighted by Gasteiger charge is -1.94. The smallest absolute Gasteiger partial charge is 0.195 e. The third-order valence-corrected chi connectivity index (χ3v) is 3.92. The number of nitrogens with zero attached hydrogens (tertiary/aromatic N) is 4. The van der Waals surface area contributed by atoms with Gasteiger partial charge in [-0.25, -0.2) is 4.98 Å². The van der Waals surface area contributed by atoms with Gasteiger partial charge >= 0.3 is 0 Å². The summed E-state index contributed by atoms with van der Waals surface area (Å²) in [4.78, 5) is 9.45. The van der Waals surface area contributed by atoms with Gasteiger partial charge in [-0.1, -0.05) is 0 Å². The highest BCUT2D eigenvalue weighted by atomic mass is 32.1. The average molecular weight is 275 g/mol. The van der Waals surface area contributed by atoms with Gasteiger partial charge in [0.05, 0.1) is 4.88 Å². The fraction of sp³-hybridized carbons (Fsp3) is 0.0909. The standard InChI is InChI=1S/C11H9N5S2/c1-16-9(14-15-11(16)17)8-6-13-10(18-8)7-3-2-4-12-5-7/h2-6H,1H3,(H,15,17). The summed E-state index contributed by atoms with van der Waals surface area (Å²) in [5.74, 6) is 0.799. The number of hydrogen-bond acceptors (Lipinski definition) is 5. The van der Waals surface area contributed by atoms with E-state index >= 15 is 0 Å². The van der Waals surface area contributed by atoms with Gasteiger partial charge in [0, 0.05) is 31.2 Å². The summed E-state index contributed by atoms with van der Waals surface area (Å²) in [6, 6.07) is 3.88. The van der Waals surface area contributed by atoms with Gasteiger partial charge in [-0.2, -0.15) is 5.10 Å². The highest BCUT2D eigenvalue weighted by Crippen LogP contribution is 2.30. The van der Waals surface area contributed by atoms with Crippen molar-refractivity contribution >= 4 is 23.6 Å². The van der Waals surface area contributed by atoms with Crippen molar-refractivity contribution in [2.45, 2.75) is 0 Å². The molecule has 3 aromatic heterocycles. The van der Waals surface area contributed by atoms with Crippen molar-refractivity contribution in [3.8, 4) is 21.3 Å². The van der Waals surface area contributed by atoms with Crippen molar-refractivity contribution < 1.29 is 0 Å². The first-order valence-corrected chi connectivity index (χ1v) is 6.46. The number of pyridine rings is 1. The molecule has 0 aliphatic carbocycles. The summed E-state index contributed by atoms with van der Waals surface area (Å²) >= 11 is 6.66. The molecule has 0 atom stereocenters. The van der Waals surface area contributed by atoms with Crippen LogP contribution in [0.4, 0.5) is 0 Å². The molecule has 3 aromatic rings. The van der Waals surface area contributed by atoms with E-state index in [0.717, 1.165) is 21.3 Å². The van der Waals surface area contributed by atoms with E-state index in [2.05, 4.69) is 20.2 Å². The molecule has 0 bridgehead atoms. The molecule has 90 valence electrons. The molecule has 0 aromatic carbocycles. The highest BCUT2D eigenvalue weighted by molar-refractivity contribution is 7.71. The van der Waals surface area contributed by atoms with E-state index in [1.54, 1.807) is 29.9 Å². The minimum atomic E-state index is 0.598. The van der Waals surface area contributed by atoms with Gasteiger partial charge in [-0.15, -0.1) is 11.3 Å². The molecule has 0 aliphatic heterocycles. The van der Waals surface area contributed by atoms with Crippen LogP contribution in [0.1, 0.15) is 0 Å². The summed E-state index contributed by atoms with van der Waals surface area (Å²) in [6.45, 7) is 0. The van der Waals surface area contributed by atoms with E-state index in [1.165, 1.54) is 0 Å². The van der Waals surface area contributed by atoms with Crippen LogP contribution in [0.5, 0.6) is 0 Å². The predicted octanol–water partition coefficient (Wildman–Crippen LogP) is 2.66. The Balaban J connectivity index is 2.05. The summed E-state index contributed by atoms with van der Waals surface area (Å²) < 4.78 is 2.43. The van der Waals surface area contributed by atoms with Gasteiger partial charge in [-0.05, 0) is 24.4 Å². The molecule has 0 saturated carbocycles. The minimum absolute atomic E-state index is 0.598. The maximum Gasteiger partial charge on any atom is 0.195 e. The highest BCUT2D eigenvalue weighted by Gasteiger charge is 2.11. The van der Waals surface area contributed by atoms with Gasteiger partial charge in [0.15, 0.2) is 10.6 Å². The molecule has 0 unspecified atom stereocenters. The van der Waals surface area contributed by atoms with Crippen molar-refractivity contribution in [3.05, 3.63) is 35.5 Å². The molecule has 3 rings (SSSR count). The van der Waals surface area contributed by atoms with Crippen LogP contribution in [0, 0.1) is 4.77 Å². The average Bonchev–Trinajstić information content (AvgIpc) is 3.00. The molecule has 5 nitrogen and oxygen atoms in total. The Morgan fingerprint density at radius 3 is 2.94 bits per heavy atom. The third-order valence-electron chi connectivity index (χ3n) is 2.51. The fourth-order valence-electron chi connectivity index (χ4n) is 1.57. The Morgan fingerprint density at radius 1 is 1.39 bits per heavy atom. The van der Waals surface area contributed by atoms with E-state index in [0.29, 0.717) is 4.77 Å². The molecule has 3 heterocycles. The molecule has 0 radical (unpaired) electrons. The maximum absolute atomic E-state index is 5.09. The first kappa shape index (κ1) is 11.2. The molecular weight excluding hydrogens is 266 g/mol. The van der Waals surface area contributed by atoms with Crippen molar-refractivity contribution in [2.24, 2.45) is 7.05 Å². The molecule has 0 aliphatic rings. The molecule has 0 amide bonds. The Kier molecular flexibility index (Phi) is 2.77. The van der Waals surface area contributed by atoms with Crippen LogP contribution in [0.15, 0.2) is 30.7 Å². The van der Waals surface area contributed by atoms with Crippen molar-refractivity contribution in [2.75, 3.05) is 0 Å². The molecular formula is C11H9N5S2. The van der Waals surface area contributed by atoms with E-state index in [9.17, 15) is 0 Å². The summed E-state index contributed by atoms with van der Waals surface area (Å²) in [6.07, 6.45) is 5.35. The largest absolute Gasteiger partial charge is 0.303 e. The van der Waals surface area contributed by atoms with E-state index < -0.39 is 0 Å². The van der Waals surface area contributed by atoms with E-state index in [1.807, 2.05) is 23.7 Å². The number of rotatable bonds is 2. The third kappa shape index (κ3) is 1.87. The quantitative estimate of drug-likeness (QED) is 0.730. The molecule has 7 heteroatoms. The Morgan fingerprint density at radius 2 is 2.28 bits per heavy atom. The maximum atomic E-state index is 5.09. The van der Waals surface area contributed by atoms with E-state index in [-0.39, 0.29) is 0 Å². The first-order chi connectivity index (χ1) is 8.75. The number of aromatic amines is 1. The summed E-state index contributed by atoms with van der Waals surface area (Å²) in [5, 5.41) is 7.88. The number of H-pyrrole nitrogens is 1. The lowest BCUT2D eigenvalue weighted by molar-refractivity contribution is 0.903. The van der Waals surface area contributed by atoms with E-state index in [4.69, 9.17) is 12.2 Å². The SMILES string of the molecule is Cn1c(-c2cnc(-c3cccnc3)s2)n[nH]c1=S. The lowest BCUT2D eigenvalue weighted by atomic mass is 10.3. The fourth-order valence-corrected chi connectivity index (χ4v) is 2.63. The Labute approximate surface area is 112 Å². The van der Waals surface area contributed by atoms with Gasteiger partial charge in [0.2, 0.25) is 0 Å². The molecule has 0 saturated heterocycles. The van der Waals surface area contributed by atoms with Crippen molar-refractivity contribution in [3.63, 3.8) is 0 Å². The van der Waals surface area contributed by atoms with Gasteiger partial charge < -0.3 is 4.57 Å². The molecule has 1 N–H and O–H groups in total. The normalized spacial score (nSPS) is 10.7. The second-order valence-electron chi connectivity index (χ2n) is 3.68. The number of thiazole rings is 1. The van der Waals surface area contributed by atoms with Crippen LogP contribution in [0.25, 0.3) is 21.3 Å². The number of hydrogen-bond donors (Lipinski definition) is 1. The number of aromatic nitrogens is 5. The van der Waals surface area contributed by atoms with Gasteiger partial charge in [0.25, 0.3) is 0 Å². The van der Waals surface area contributed by atoms with Crippen LogP contribution in [-0.4, -0.2) is 24.7 Å². The predicted molar refractivity (Wildman–Crippen MR) is 72.7 cm³/mol. The second kappa shape index (κ2) is 4.43. The van der Waals surface area contributed by atoms with Crippen LogP contribution >= 0.6 is 23.6 Å². The molecule has 18 heavy (non-hydrogen) atoms. The first-order valence-electron chi connectivity index (χ1n) is 5.23. The van der Waals surface area contributed by atoms with Crippen molar-refractivity contribution in [1.82, 2.24) is 24.7 Å². The molecule has 0 fully saturated rings. The lowest BCUT2D eigenvalue weighted by Crippen LogP contribution is -1.89. The zero-order valence-electron chi connectivity index (χ0n) is 9.49. The van der Waals surface area contributed by atoms with Crippen LogP contribution < -0.4 is 0 Å². The summed E-state index contributed by atoms with van der Waals surface area (Å²) in [7, 11) is 1.88. The summed E-state index contributed by atoms with van der Waals surface area (Å²) in [5.41, 5.74) is 1.01. The molecule has 0 spiro atoms. The van der Waals surface area contributed by atoms with Crippen LogP contribution in [0.2, 0.25) is 0 Å². The Bertz CT molecular complexity index is 725. The monoisotopic (exact) mass is 275 g/mol. The van der Waals surface area contributed by atoms with Crippen molar-refractivity contribution in [1.29, 1.82) is 0 Å². The van der Waals surface area contributed by atoms with Gasteiger partial charge in [0.1, 0.15) is 5.01 Å². The topological polar surface area (TPSA) is 59.4 Å². The van der Waals surface area contributed by atoms with Crippen LogP contribution in [0.3, 0.4) is 0 Å².